The Kier molecular flexibility index (Phi) is 8.05. The first kappa shape index (κ1) is 31.7. The highest BCUT2D eigenvalue weighted by Crippen LogP contribution is 2.41. The molecule has 4 N–H and O–H groups in total. The van der Waals surface area contributed by atoms with Gasteiger partial charge in [-0.05, 0) is 37.0 Å². The highest BCUT2D eigenvalue weighted by atomic mass is 16.3. The Balaban J connectivity index is 1.41. The summed E-state index contributed by atoms with van der Waals surface area (Å²) >= 11 is 0. The van der Waals surface area contributed by atoms with Gasteiger partial charge in [-0.25, -0.2) is 15.0 Å². The first-order valence-corrected chi connectivity index (χ1v) is 17.0. The molecule has 0 aliphatic carbocycles. The number of aliphatic imine (C=N–C) groups is 4. The zero-order valence-electron chi connectivity index (χ0n) is 28.6. The van der Waals surface area contributed by atoms with Crippen molar-refractivity contribution in [3.05, 3.63) is 129 Å². The van der Waals surface area contributed by atoms with Crippen molar-refractivity contribution < 1.29 is 10.2 Å². The van der Waals surface area contributed by atoms with Crippen LogP contribution >= 0.6 is 0 Å². The van der Waals surface area contributed by atoms with Gasteiger partial charge in [0.25, 0.3) is 0 Å². The van der Waals surface area contributed by atoms with Crippen LogP contribution < -0.4 is 10.6 Å². The predicted octanol–water partition coefficient (Wildman–Crippen LogP) is 5.44. The van der Waals surface area contributed by atoms with Crippen LogP contribution in [0.25, 0.3) is 10.8 Å². The highest BCUT2D eigenvalue weighted by Gasteiger charge is 2.36. The standard InChI is InChI=1S/C40H40N8O2/c1-23-26-11-5-6-12-27(26)34(41-2)43-35-32-21-24(17-19-49)25(18-20-50)22-33(32)36(44-35)45-38-29-14-8-10-16-31(29)40(48(38)4)46-39-30-15-9-7-13-28(30)37(42-23)47(39)3/h5-16,21-22,35,38,49-50H,17-20H2,1-4H3,(H,41,43)(H,44,45)/b42-23+,46-40-. The Hall–Kier alpha value is -5.58. The van der Waals surface area contributed by atoms with Crippen LogP contribution in [0.5, 0.6) is 0 Å². The monoisotopic (exact) mass is 664 g/mol. The molecule has 0 amide bonds. The van der Waals surface area contributed by atoms with E-state index in [4.69, 9.17) is 20.0 Å². The number of hydrogen-bond donors (Lipinski definition) is 4. The van der Waals surface area contributed by atoms with Crippen molar-refractivity contribution in [2.24, 2.45) is 27.0 Å². The maximum atomic E-state index is 9.96. The summed E-state index contributed by atoms with van der Waals surface area (Å²) in [5, 5.41) is 29.3. The summed E-state index contributed by atoms with van der Waals surface area (Å²) in [5.74, 6) is 3.92. The zero-order valence-corrected chi connectivity index (χ0v) is 28.6. The van der Waals surface area contributed by atoms with Crippen molar-refractivity contribution >= 4 is 45.6 Å². The minimum atomic E-state index is -0.363. The number of nitrogens with one attached hydrogen (secondary N) is 2. The van der Waals surface area contributed by atoms with Gasteiger partial charge in [-0.15, -0.1) is 0 Å². The van der Waals surface area contributed by atoms with Crippen LogP contribution in [0.3, 0.4) is 0 Å². The molecule has 252 valence electrons. The molecule has 0 spiro atoms. The molecule has 0 saturated heterocycles. The lowest BCUT2D eigenvalue weighted by Gasteiger charge is -2.21. The lowest BCUT2D eigenvalue weighted by atomic mass is 9.95. The Morgan fingerprint density at radius 2 is 1.34 bits per heavy atom. The average Bonchev–Trinajstić information content (AvgIpc) is 3.70. The number of hydrogen-bond acceptors (Lipinski definition) is 8. The fraction of sp³-hybridized carbons (Fsp3) is 0.250. The highest BCUT2D eigenvalue weighted by molar-refractivity contribution is 6.14. The Labute approximate surface area is 291 Å². The summed E-state index contributed by atoms with van der Waals surface area (Å²) in [6.07, 6.45) is 0.261. The normalized spacial score (nSPS) is 21.9. The van der Waals surface area contributed by atoms with Gasteiger partial charge in [-0.3, -0.25) is 4.99 Å². The van der Waals surface area contributed by atoms with Crippen LogP contribution in [0.4, 0.5) is 11.6 Å². The summed E-state index contributed by atoms with van der Waals surface area (Å²) in [4.78, 5) is 23.0. The first-order chi connectivity index (χ1) is 24.4. The van der Waals surface area contributed by atoms with Crippen LogP contribution in [0.15, 0.2) is 105 Å². The minimum Gasteiger partial charge on any atom is -0.396 e. The van der Waals surface area contributed by atoms with Crippen molar-refractivity contribution in [3.8, 4) is 0 Å². The van der Waals surface area contributed by atoms with E-state index < -0.39 is 0 Å². The van der Waals surface area contributed by atoms with E-state index in [1.807, 2.05) is 57.4 Å². The molecule has 3 aliphatic heterocycles. The van der Waals surface area contributed by atoms with E-state index in [9.17, 15) is 10.2 Å². The van der Waals surface area contributed by atoms with Crippen LogP contribution in [0.2, 0.25) is 0 Å². The molecule has 4 aromatic carbocycles. The summed E-state index contributed by atoms with van der Waals surface area (Å²) in [5.41, 5.74) is 8.77. The van der Waals surface area contributed by atoms with Crippen LogP contribution in [-0.2, 0) is 19.9 Å². The molecule has 3 aliphatic rings. The molecule has 8 rings (SSSR count). The van der Waals surface area contributed by atoms with Gasteiger partial charge in [0.05, 0.1) is 0 Å². The maximum absolute atomic E-state index is 9.96. The molecule has 1 aromatic heterocycles. The smallest absolute Gasteiger partial charge is 0.151 e. The first-order valence-electron chi connectivity index (χ1n) is 17.0. The number of aliphatic hydroxyl groups is 2. The van der Waals surface area contributed by atoms with Gasteiger partial charge in [0.1, 0.15) is 35.3 Å². The zero-order chi connectivity index (χ0) is 34.5. The van der Waals surface area contributed by atoms with E-state index in [0.717, 1.165) is 84.3 Å². The third-order valence-electron chi connectivity index (χ3n) is 10.0. The van der Waals surface area contributed by atoms with Gasteiger partial charge in [0.2, 0.25) is 0 Å². The Morgan fingerprint density at radius 1 is 0.720 bits per heavy atom. The van der Waals surface area contributed by atoms with E-state index in [1.165, 1.54) is 0 Å². The van der Waals surface area contributed by atoms with Gasteiger partial charge in [-0.1, -0.05) is 78.9 Å². The molecule has 50 heavy (non-hydrogen) atoms. The van der Waals surface area contributed by atoms with Gasteiger partial charge in [0.15, 0.2) is 6.17 Å². The van der Waals surface area contributed by atoms with Gasteiger partial charge in [-0.2, -0.15) is 0 Å². The van der Waals surface area contributed by atoms with Crippen LogP contribution in [-0.4, -0.2) is 70.2 Å². The molecule has 2 unspecified atom stereocenters. The summed E-state index contributed by atoms with van der Waals surface area (Å²) < 4.78 is 2.08. The van der Waals surface area contributed by atoms with Crippen LogP contribution in [0, 0.1) is 0 Å². The number of rotatable bonds is 4. The predicted molar refractivity (Wildman–Crippen MR) is 200 cm³/mol. The number of aromatic nitrogens is 1. The second-order valence-corrected chi connectivity index (χ2v) is 12.9. The molecule has 0 fully saturated rings. The van der Waals surface area contributed by atoms with Gasteiger partial charge in [0, 0.05) is 84.2 Å². The molecule has 0 radical (unpaired) electrons. The Morgan fingerprint density at radius 3 is 2.04 bits per heavy atom. The SMILES string of the molecule is C/N=C1\NC2N/C(=N\C3c4ccccc4/C(=N/c4c5ccccc5c(n4C)/N=C(\C)c4ccccc41)N3C)c1cc(CCO)c(CCO)cc12. The number of aliphatic hydroxyl groups excluding tert-OH is 2. The largest absolute Gasteiger partial charge is 0.396 e. The fourth-order valence-electron chi connectivity index (χ4n) is 7.56. The second kappa shape index (κ2) is 12.7. The van der Waals surface area contributed by atoms with Crippen molar-refractivity contribution in [3.63, 3.8) is 0 Å². The number of fused-ring (bicyclic) bond motifs is 16. The number of nitrogens with zero attached hydrogens (tertiary/aromatic N) is 6. The molecule has 4 heterocycles. The lowest BCUT2D eigenvalue weighted by molar-refractivity contribution is 0.293. The van der Waals surface area contributed by atoms with Crippen molar-refractivity contribution in [1.82, 2.24) is 20.1 Å². The minimum absolute atomic E-state index is 0.0112. The molecule has 10 heteroatoms. The number of amidine groups is 3. The molecule has 0 saturated carbocycles. The van der Waals surface area contributed by atoms with Gasteiger partial charge >= 0.3 is 0 Å². The van der Waals surface area contributed by atoms with Gasteiger partial charge < -0.3 is 30.3 Å². The molecule has 10 nitrogen and oxygen atoms in total. The quantitative estimate of drug-likeness (QED) is 0.204. The third-order valence-corrected chi connectivity index (χ3v) is 10.0. The molecule has 5 aromatic rings. The van der Waals surface area contributed by atoms with E-state index in [-0.39, 0.29) is 25.5 Å². The Bertz CT molecular complexity index is 2280. The fourth-order valence-corrected chi connectivity index (χ4v) is 7.56. The van der Waals surface area contributed by atoms with Crippen molar-refractivity contribution in [2.75, 3.05) is 27.3 Å². The average molecular weight is 665 g/mol. The van der Waals surface area contributed by atoms with Crippen molar-refractivity contribution in [1.29, 1.82) is 0 Å². The molecule has 2 atom stereocenters. The molecular formula is C40H40N8O2. The summed E-state index contributed by atoms with van der Waals surface area (Å²) in [6, 6.07) is 29.0. The summed E-state index contributed by atoms with van der Waals surface area (Å²) in [7, 11) is 5.86. The topological polar surface area (TPSA) is 122 Å². The van der Waals surface area contributed by atoms with E-state index in [1.54, 1.807) is 7.05 Å². The molecule has 6 bridgehead atoms. The second-order valence-electron chi connectivity index (χ2n) is 12.9. The number of benzene rings is 4. The van der Waals surface area contributed by atoms with E-state index >= 15 is 0 Å². The van der Waals surface area contributed by atoms with Crippen LogP contribution in [0.1, 0.15) is 63.8 Å². The van der Waals surface area contributed by atoms with E-state index in [0.29, 0.717) is 18.7 Å². The third kappa shape index (κ3) is 5.10. The van der Waals surface area contributed by atoms with E-state index in [2.05, 4.69) is 68.6 Å². The van der Waals surface area contributed by atoms with Crippen molar-refractivity contribution in [2.45, 2.75) is 32.1 Å². The lowest BCUT2D eigenvalue weighted by Crippen LogP contribution is -2.37. The maximum Gasteiger partial charge on any atom is 0.151 e. The molecular weight excluding hydrogens is 624 g/mol. The summed E-state index contributed by atoms with van der Waals surface area (Å²) in [6.45, 7) is 2.06.